The Hall–Kier alpha value is 0.240. The van der Waals surface area contributed by atoms with Gasteiger partial charge in [-0.15, -0.1) is 0 Å². The van der Waals surface area contributed by atoms with Gasteiger partial charge in [0, 0.05) is 27.7 Å². The first kappa shape index (κ1) is 13.2. The maximum atomic E-state index is 9.75. The highest BCUT2D eigenvalue weighted by molar-refractivity contribution is 14.1. The summed E-state index contributed by atoms with van der Waals surface area (Å²) < 4.78 is 7.12. The second-order valence-corrected chi connectivity index (χ2v) is 6.57. The van der Waals surface area contributed by atoms with Crippen LogP contribution in [0.25, 0.3) is 0 Å². The summed E-state index contributed by atoms with van der Waals surface area (Å²) in [7, 11) is 0. The van der Waals surface area contributed by atoms with Crippen molar-refractivity contribution in [3.63, 3.8) is 0 Å². The lowest BCUT2D eigenvalue weighted by Crippen LogP contribution is -3.14. The third-order valence-corrected chi connectivity index (χ3v) is 5.50. The molecule has 0 aromatic rings. The Kier molecular flexibility index (Phi) is 3.22. The molecule has 3 nitrogen and oxygen atoms in total. The van der Waals surface area contributed by atoms with Gasteiger partial charge in [-0.05, 0) is 35.4 Å². The van der Waals surface area contributed by atoms with Gasteiger partial charge in [-0.3, -0.25) is 4.90 Å². The topological polar surface area (TPSA) is 33.9 Å². The van der Waals surface area contributed by atoms with Crippen LogP contribution in [0.2, 0.25) is 0 Å². The fraction of sp³-hybridized carbons (Fsp3) is 0.538. The molecule has 0 aromatic carbocycles. The average Bonchev–Trinajstić information content (AvgIpc) is 2.79. The summed E-state index contributed by atoms with van der Waals surface area (Å²) in [6.45, 7) is 1.22. The molecule has 0 radical (unpaired) electrons. The van der Waals surface area contributed by atoms with E-state index in [2.05, 4.69) is 28.7 Å². The molecule has 3 heterocycles. The van der Waals surface area contributed by atoms with Crippen molar-refractivity contribution in [2.75, 3.05) is 6.54 Å². The van der Waals surface area contributed by atoms with Gasteiger partial charge < -0.3 is 33.8 Å². The van der Waals surface area contributed by atoms with Gasteiger partial charge in [0.25, 0.3) is 5.95 Å². The molecular weight excluding hydrogens is 456 g/mol. The standard InChI is InChI=1S/C13H14INO2.HI/c14-10-5-8-7-13(9(10)6-12(16)17-13)11-3-1-2-4-15(8)11;/h5-6,11,16H,1-4,7H2;1H/t11-,13+;/m1./s1. The van der Waals surface area contributed by atoms with Gasteiger partial charge in [0.1, 0.15) is 11.7 Å². The zero-order valence-corrected chi connectivity index (χ0v) is 14.2. The van der Waals surface area contributed by atoms with E-state index in [-0.39, 0.29) is 35.5 Å². The van der Waals surface area contributed by atoms with Crippen LogP contribution in [-0.4, -0.2) is 23.3 Å². The van der Waals surface area contributed by atoms with E-state index in [9.17, 15) is 5.11 Å². The van der Waals surface area contributed by atoms with Crippen LogP contribution in [0.4, 0.5) is 0 Å². The van der Waals surface area contributed by atoms with E-state index in [1.54, 1.807) is 4.90 Å². The number of allylic oxidation sites excluding steroid dienone is 2. The lowest BCUT2D eigenvalue weighted by Gasteiger charge is -2.34. The normalized spacial score (nSPS) is 40.3. The van der Waals surface area contributed by atoms with Gasteiger partial charge in [0.2, 0.25) is 0 Å². The van der Waals surface area contributed by atoms with Crippen LogP contribution < -0.4 is 28.9 Å². The van der Waals surface area contributed by atoms with Crippen molar-refractivity contribution in [3.8, 4) is 0 Å². The van der Waals surface area contributed by atoms with Crippen LogP contribution in [0.5, 0.6) is 0 Å². The highest BCUT2D eigenvalue weighted by atomic mass is 127. The molecule has 18 heavy (non-hydrogen) atoms. The van der Waals surface area contributed by atoms with Crippen molar-refractivity contribution < 1.29 is 38.7 Å². The number of nitrogens with one attached hydrogen (secondary N) is 1. The molecule has 4 rings (SSSR count). The van der Waals surface area contributed by atoms with Crippen LogP contribution in [0.1, 0.15) is 25.7 Å². The van der Waals surface area contributed by atoms with E-state index in [0.29, 0.717) is 6.04 Å². The first-order valence-electron chi connectivity index (χ1n) is 6.27. The average molecular weight is 471 g/mol. The summed E-state index contributed by atoms with van der Waals surface area (Å²) in [5, 5.41) is 9.75. The van der Waals surface area contributed by atoms with Crippen LogP contribution in [0, 0.1) is 0 Å². The monoisotopic (exact) mass is 471 g/mol. The highest BCUT2D eigenvalue weighted by Crippen LogP contribution is 2.49. The zero-order valence-electron chi connectivity index (χ0n) is 9.88. The molecule has 2 saturated heterocycles. The quantitative estimate of drug-likeness (QED) is 0.426. The van der Waals surface area contributed by atoms with Crippen LogP contribution in [0.15, 0.2) is 32.9 Å². The number of hydrogen-bond acceptors (Lipinski definition) is 2. The van der Waals surface area contributed by atoms with E-state index in [1.165, 1.54) is 40.7 Å². The summed E-state index contributed by atoms with van der Waals surface area (Å²) >= 11 is 2.38. The second-order valence-electron chi connectivity index (χ2n) is 5.41. The van der Waals surface area contributed by atoms with Gasteiger partial charge in [-0.1, -0.05) is 0 Å². The molecule has 0 saturated carbocycles. The maximum absolute atomic E-state index is 9.75. The second kappa shape index (κ2) is 4.37. The smallest absolute Gasteiger partial charge is 0.278 e. The largest absolute Gasteiger partial charge is 1.00 e. The molecule has 2 bridgehead atoms. The van der Waals surface area contributed by atoms with Crippen molar-refractivity contribution in [3.05, 3.63) is 32.9 Å². The molecule has 3 aliphatic heterocycles. The van der Waals surface area contributed by atoms with Crippen molar-refractivity contribution in [1.82, 2.24) is 0 Å². The van der Waals surface area contributed by atoms with E-state index in [0.717, 1.165) is 6.42 Å². The Labute approximate surface area is 137 Å². The molecule has 0 aromatic heterocycles. The molecule has 1 spiro atoms. The molecule has 5 heteroatoms. The fourth-order valence-corrected chi connectivity index (χ4v) is 4.97. The van der Waals surface area contributed by atoms with E-state index < -0.39 is 0 Å². The number of piperidine rings is 1. The predicted octanol–water partition coefficient (Wildman–Crippen LogP) is -1.41. The first-order chi connectivity index (χ1) is 8.21. The summed E-state index contributed by atoms with van der Waals surface area (Å²) in [5.74, 6) is 0.107. The molecule has 98 valence electrons. The molecule has 0 amide bonds. The van der Waals surface area contributed by atoms with Crippen LogP contribution in [0.3, 0.4) is 0 Å². The number of rotatable bonds is 0. The molecule has 4 aliphatic rings. The SMILES string of the molecule is OC1=CC2=C(I)C=C3C[C@@]2(O1)[C@H]1CCCC[NH+]31.[I-]. The van der Waals surface area contributed by atoms with Crippen LogP contribution >= 0.6 is 22.6 Å². The minimum Gasteiger partial charge on any atom is -1.00 e. The number of ether oxygens (including phenoxy) is 1. The first-order valence-corrected chi connectivity index (χ1v) is 7.35. The minimum atomic E-state index is -0.236. The van der Waals surface area contributed by atoms with Crippen molar-refractivity contribution in [2.24, 2.45) is 0 Å². The Bertz CT molecular complexity index is 497. The Balaban J connectivity index is 0.000001000. The molecule has 2 fully saturated rings. The van der Waals surface area contributed by atoms with Gasteiger partial charge in [-0.25, -0.2) is 0 Å². The summed E-state index contributed by atoms with van der Waals surface area (Å²) in [4.78, 5) is 1.60. The lowest BCUT2D eigenvalue weighted by atomic mass is 9.81. The number of halogens is 2. The lowest BCUT2D eigenvalue weighted by molar-refractivity contribution is -0.886. The third kappa shape index (κ3) is 1.56. The summed E-state index contributed by atoms with van der Waals surface area (Å²) in [5.41, 5.74) is 2.45. The number of hydrogen-bond donors (Lipinski definition) is 2. The Morgan fingerprint density at radius 2 is 2.22 bits per heavy atom. The third-order valence-electron chi connectivity index (χ3n) is 4.61. The van der Waals surface area contributed by atoms with Crippen LogP contribution in [-0.2, 0) is 4.74 Å². The van der Waals surface area contributed by atoms with E-state index in [4.69, 9.17) is 4.74 Å². The molecule has 3 atom stereocenters. The van der Waals surface area contributed by atoms with Gasteiger partial charge in [-0.2, -0.15) is 0 Å². The summed E-state index contributed by atoms with van der Waals surface area (Å²) in [6.07, 6.45) is 8.90. The van der Waals surface area contributed by atoms with E-state index >= 15 is 0 Å². The minimum absolute atomic E-state index is 0. The predicted molar refractivity (Wildman–Crippen MR) is 71.7 cm³/mol. The molecule has 2 N–H and O–H groups in total. The highest BCUT2D eigenvalue weighted by Gasteiger charge is 2.62. The van der Waals surface area contributed by atoms with Gasteiger partial charge >= 0.3 is 0 Å². The number of aliphatic hydroxyl groups is 1. The number of aliphatic hydroxyl groups excluding tert-OH is 1. The Morgan fingerprint density at radius 3 is 3.06 bits per heavy atom. The van der Waals surface area contributed by atoms with E-state index in [1.807, 2.05) is 6.08 Å². The van der Waals surface area contributed by atoms with Gasteiger partial charge in [0.15, 0.2) is 5.60 Å². The maximum Gasteiger partial charge on any atom is 0.278 e. The van der Waals surface area contributed by atoms with Crippen molar-refractivity contribution >= 4 is 22.6 Å². The molecule has 1 aliphatic carbocycles. The van der Waals surface area contributed by atoms with Crippen molar-refractivity contribution in [2.45, 2.75) is 37.3 Å². The van der Waals surface area contributed by atoms with Crippen molar-refractivity contribution in [1.29, 1.82) is 0 Å². The molecule has 1 unspecified atom stereocenters. The fourth-order valence-electron chi connectivity index (χ4n) is 3.98. The Morgan fingerprint density at radius 1 is 1.39 bits per heavy atom. The molecular formula is C13H15I2NO2. The van der Waals surface area contributed by atoms with Gasteiger partial charge in [0.05, 0.1) is 13.0 Å². The number of quaternary nitrogens is 1. The zero-order chi connectivity index (χ0) is 11.6. The summed E-state index contributed by atoms with van der Waals surface area (Å²) in [6, 6.07) is 0.505. The number of fused-ring (bicyclic) bond motifs is 3.